The van der Waals surface area contributed by atoms with Crippen LogP contribution in [-0.2, 0) is 4.79 Å². The third kappa shape index (κ3) is 4.52. The number of rotatable bonds is 7. The minimum atomic E-state index is -0.201. The van der Waals surface area contributed by atoms with E-state index in [9.17, 15) is 4.79 Å². The number of hydrogen-bond acceptors (Lipinski definition) is 10. The SMILES string of the molecule is CCSc1nnc(NC(=O)CSc2nnc(-c3ccncc3)o2)s1. The normalized spacial score (nSPS) is 10.7. The molecule has 3 rings (SSSR count). The van der Waals surface area contributed by atoms with Crippen molar-refractivity contribution in [3.8, 4) is 11.5 Å². The van der Waals surface area contributed by atoms with Crippen LogP contribution in [0.3, 0.4) is 0 Å². The van der Waals surface area contributed by atoms with Gasteiger partial charge in [-0.3, -0.25) is 15.1 Å². The second-order valence-electron chi connectivity index (χ2n) is 4.25. The molecular formula is C13H12N6O2S3. The van der Waals surface area contributed by atoms with E-state index >= 15 is 0 Å². The molecule has 11 heteroatoms. The predicted molar refractivity (Wildman–Crippen MR) is 93.2 cm³/mol. The molecule has 1 amide bonds. The molecule has 0 atom stereocenters. The lowest BCUT2D eigenvalue weighted by Gasteiger charge is -1.98. The highest BCUT2D eigenvalue weighted by Gasteiger charge is 2.13. The summed E-state index contributed by atoms with van der Waals surface area (Å²) in [7, 11) is 0. The molecule has 0 aliphatic rings. The van der Waals surface area contributed by atoms with Crippen molar-refractivity contribution in [1.82, 2.24) is 25.4 Å². The van der Waals surface area contributed by atoms with Crippen molar-refractivity contribution < 1.29 is 9.21 Å². The van der Waals surface area contributed by atoms with Crippen molar-refractivity contribution in [2.45, 2.75) is 16.5 Å². The zero-order valence-corrected chi connectivity index (χ0v) is 15.0. The highest BCUT2D eigenvalue weighted by atomic mass is 32.2. The van der Waals surface area contributed by atoms with E-state index in [2.05, 4.69) is 30.7 Å². The Balaban J connectivity index is 1.52. The molecule has 0 aromatic carbocycles. The van der Waals surface area contributed by atoms with Gasteiger partial charge in [0.15, 0.2) is 4.34 Å². The molecule has 3 aromatic rings. The lowest BCUT2D eigenvalue weighted by molar-refractivity contribution is -0.113. The van der Waals surface area contributed by atoms with Gasteiger partial charge in [-0.25, -0.2) is 0 Å². The van der Waals surface area contributed by atoms with Crippen molar-refractivity contribution >= 4 is 45.9 Å². The Morgan fingerprint density at radius 3 is 2.83 bits per heavy atom. The number of carbonyl (C=O) groups is 1. The van der Waals surface area contributed by atoms with Crippen LogP contribution in [0.15, 0.2) is 38.5 Å². The number of amides is 1. The standard InChI is InChI=1S/C13H12N6O2S3/c1-2-22-13-19-17-11(24-13)15-9(20)7-23-12-18-16-10(21-12)8-3-5-14-6-4-8/h3-6H,2,7H2,1H3,(H,15,17,20). The Morgan fingerprint density at radius 2 is 2.04 bits per heavy atom. The molecule has 3 aromatic heterocycles. The zero-order chi connectivity index (χ0) is 16.8. The summed E-state index contributed by atoms with van der Waals surface area (Å²) in [4.78, 5) is 15.9. The van der Waals surface area contributed by atoms with Gasteiger partial charge in [0.05, 0.1) is 5.75 Å². The van der Waals surface area contributed by atoms with E-state index in [1.807, 2.05) is 6.92 Å². The van der Waals surface area contributed by atoms with E-state index in [4.69, 9.17) is 4.42 Å². The van der Waals surface area contributed by atoms with Crippen LogP contribution in [0.4, 0.5) is 5.13 Å². The van der Waals surface area contributed by atoms with Gasteiger partial charge >= 0.3 is 0 Å². The lowest BCUT2D eigenvalue weighted by Crippen LogP contribution is -2.13. The minimum Gasteiger partial charge on any atom is -0.411 e. The molecule has 8 nitrogen and oxygen atoms in total. The molecule has 0 spiro atoms. The molecule has 3 heterocycles. The quantitative estimate of drug-likeness (QED) is 0.489. The zero-order valence-electron chi connectivity index (χ0n) is 12.5. The van der Waals surface area contributed by atoms with Crippen LogP contribution < -0.4 is 5.32 Å². The monoisotopic (exact) mass is 380 g/mol. The molecule has 1 N–H and O–H groups in total. The maximum Gasteiger partial charge on any atom is 0.277 e. The summed E-state index contributed by atoms with van der Waals surface area (Å²) in [5.41, 5.74) is 0.781. The van der Waals surface area contributed by atoms with E-state index in [0.29, 0.717) is 16.2 Å². The second-order valence-corrected chi connectivity index (χ2v) is 7.67. The molecule has 24 heavy (non-hydrogen) atoms. The molecule has 0 saturated heterocycles. The fourth-order valence-electron chi connectivity index (χ4n) is 1.60. The summed E-state index contributed by atoms with van der Waals surface area (Å²) in [6.07, 6.45) is 3.29. The fourth-order valence-corrected chi connectivity index (χ4v) is 3.83. The highest BCUT2D eigenvalue weighted by Crippen LogP contribution is 2.26. The molecule has 0 radical (unpaired) electrons. The van der Waals surface area contributed by atoms with Crippen LogP contribution in [0, 0.1) is 0 Å². The molecule has 0 bridgehead atoms. The van der Waals surface area contributed by atoms with Crippen molar-refractivity contribution in [3.63, 3.8) is 0 Å². The molecule has 0 fully saturated rings. The van der Waals surface area contributed by atoms with Crippen LogP contribution in [0.5, 0.6) is 0 Å². The molecular weight excluding hydrogens is 368 g/mol. The van der Waals surface area contributed by atoms with Crippen molar-refractivity contribution in [2.75, 3.05) is 16.8 Å². The van der Waals surface area contributed by atoms with Gasteiger partial charge in [0, 0.05) is 18.0 Å². The number of nitrogens with zero attached hydrogens (tertiary/aromatic N) is 5. The van der Waals surface area contributed by atoms with E-state index in [1.54, 1.807) is 36.3 Å². The van der Waals surface area contributed by atoms with Gasteiger partial charge in [-0.2, -0.15) is 0 Å². The van der Waals surface area contributed by atoms with Crippen molar-refractivity contribution in [2.24, 2.45) is 0 Å². The Kier molecular flexibility index (Phi) is 5.77. The van der Waals surface area contributed by atoms with Crippen LogP contribution in [0.1, 0.15) is 6.92 Å². The second kappa shape index (κ2) is 8.22. The number of carbonyl (C=O) groups excluding carboxylic acids is 1. The maximum absolute atomic E-state index is 11.9. The highest BCUT2D eigenvalue weighted by molar-refractivity contribution is 8.01. The Hall–Kier alpha value is -1.98. The van der Waals surface area contributed by atoms with Crippen LogP contribution in [0.25, 0.3) is 11.5 Å². The van der Waals surface area contributed by atoms with Crippen molar-refractivity contribution in [1.29, 1.82) is 0 Å². The lowest BCUT2D eigenvalue weighted by atomic mass is 10.3. The molecule has 0 aliphatic heterocycles. The van der Waals surface area contributed by atoms with Crippen LogP contribution in [0.2, 0.25) is 0 Å². The van der Waals surface area contributed by atoms with Crippen LogP contribution in [-0.4, -0.2) is 42.8 Å². The number of thioether (sulfide) groups is 2. The predicted octanol–water partition coefficient (Wildman–Crippen LogP) is 2.83. The average molecular weight is 380 g/mol. The number of hydrogen-bond donors (Lipinski definition) is 1. The van der Waals surface area contributed by atoms with Gasteiger partial charge < -0.3 is 4.42 Å². The summed E-state index contributed by atoms with van der Waals surface area (Å²) in [6, 6.07) is 3.55. The van der Waals surface area contributed by atoms with E-state index in [0.717, 1.165) is 27.4 Å². The van der Waals surface area contributed by atoms with E-state index < -0.39 is 0 Å². The van der Waals surface area contributed by atoms with Gasteiger partial charge in [0.2, 0.25) is 16.9 Å². The summed E-state index contributed by atoms with van der Waals surface area (Å²) < 4.78 is 6.34. The third-order valence-electron chi connectivity index (χ3n) is 2.58. The minimum absolute atomic E-state index is 0.147. The number of nitrogens with one attached hydrogen (secondary N) is 1. The number of pyridine rings is 1. The fraction of sp³-hybridized carbons (Fsp3) is 0.231. The van der Waals surface area contributed by atoms with Crippen LogP contribution >= 0.6 is 34.9 Å². The first kappa shape index (κ1) is 16.9. The largest absolute Gasteiger partial charge is 0.411 e. The van der Waals surface area contributed by atoms with Gasteiger partial charge in [-0.05, 0) is 17.9 Å². The van der Waals surface area contributed by atoms with E-state index in [1.165, 1.54) is 11.3 Å². The first-order chi connectivity index (χ1) is 11.7. The Bertz CT molecular complexity index is 807. The summed E-state index contributed by atoms with van der Waals surface area (Å²) >= 11 is 4.10. The first-order valence-electron chi connectivity index (χ1n) is 6.87. The smallest absolute Gasteiger partial charge is 0.277 e. The Labute approximate surface area is 149 Å². The van der Waals surface area contributed by atoms with E-state index in [-0.39, 0.29) is 11.7 Å². The molecule has 124 valence electrons. The molecule has 0 saturated carbocycles. The molecule has 0 unspecified atom stereocenters. The molecule has 0 aliphatic carbocycles. The summed E-state index contributed by atoms with van der Waals surface area (Å²) in [6.45, 7) is 2.03. The Morgan fingerprint density at radius 1 is 1.21 bits per heavy atom. The van der Waals surface area contributed by atoms with Gasteiger partial charge in [0.1, 0.15) is 0 Å². The topological polar surface area (TPSA) is 107 Å². The van der Waals surface area contributed by atoms with Gasteiger partial charge in [-0.1, -0.05) is 41.8 Å². The average Bonchev–Trinajstić information content (AvgIpc) is 3.24. The van der Waals surface area contributed by atoms with Gasteiger partial charge in [-0.15, -0.1) is 20.4 Å². The number of aromatic nitrogens is 5. The maximum atomic E-state index is 11.9. The first-order valence-corrected chi connectivity index (χ1v) is 9.66. The van der Waals surface area contributed by atoms with Gasteiger partial charge in [0.25, 0.3) is 5.22 Å². The summed E-state index contributed by atoms with van der Waals surface area (Å²) in [5, 5.41) is 19.3. The van der Waals surface area contributed by atoms with Crippen molar-refractivity contribution in [3.05, 3.63) is 24.5 Å². The number of anilines is 1. The summed E-state index contributed by atoms with van der Waals surface area (Å²) in [5.74, 6) is 1.25. The third-order valence-corrected chi connectivity index (χ3v) is 5.25.